The van der Waals surface area contributed by atoms with Gasteiger partial charge in [0, 0.05) is 13.1 Å². The predicted molar refractivity (Wildman–Crippen MR) is 104 cm³/mol. The molecule has 2 aromatic carbocycles. The van der Waals surface area contributed by atoms with Crippen molar-refractivity contribution in [2.75, 3.05) is 26.3 Å². The van der Waals surface area contributed by atoms with Crippen LogP contribution in [0.5, 0.6) is 0 Å². The van der Waals surface area contributed by atoms with Crippen molar-refractivity contribution in [3.8, 4) is 5.69 Å². The van der Waals surface area contributed by atoms with Crippen molar-refractivity contribution in [3.63, 3.8) is 0 Å². The number of carbonyl (C=O) groups is 1. The monoisotopic (exact) mass is 429 g/mol. The van der Waals surface area contributed by atoms with Gasteiger partial charge in [-0.05, 0) is 46.3 Å². The lowest BCUT2D eigenvalue weighted by atomic mass is 10.2. The number of nitrogens with zero attached hydrogens (tertiary/aromatic N) is 5. The van der Waals surface area contributed by atoms with Gasteiger partial charge in [0.1, 0.15) is 12.9 Å². The van der Waals surface area contributed by atoms with Crippen LogP contribution in [0.3, 0.4) is 0 Å². The van der Waals surface area contributed by atoms with Gasteiger partial charge in [-0.15, -0.1) is 5.10 Å². The first-order valence-electron chi connectivity index (χ1n) is 9.21. The number of benzene rings is 2. The summed E-state index contributed by atoms with van der Waals surface area (Å²) >= 11 is 0. The van der Waals surface area contributed by atoms with E-state index in [1.54, 1.807) is 36.4 Å². The summed E-state index contributed by atoms with van der Waals surface area (Å²) < 4.78 is 39.0. The molecule has 0 spiro atoms. The number of aromatic nitrogens is 4. The van der Waals surface area contributed by atoms with Gasteiger partial charge in [0.15, 0.2) is 0 Å². The minimum atomic E-state index is -3.61. The van der Waals surface area contributed by atoms with Gasteiger partial charge in [-0.3, -0.25) is 0 Å². The fourth-order valence-electron chi connectivity index (χ4n) is 3.02. The fraction of sp³-hybridized carbons (Fsp3) is 0.263. The first kappa shape index (κ1) is 20.1. The highest BCUT2D eigenvalue weighted by molar-refractivity contribution is 7.89. The van der Waals surface area contributed by atoms with E-state index in [-0.39, 0.29) is 11.5 Å². The zero-order valence-corrected chi connectivity index (χ0v) is 16.7. The van der Waals surface area contributed by atoms with Crippen LogP contribution in [0.1, 0.15) is 15.9 Å². The Morgan fingerprint density at radius 1 is 1.10 bits per heavy atom. The minimum Gasteiger partial charge on any atom is -0.457 e. The molecular weight excluding hydrogens is 410 g/mol. The summed E-state index contributed by atoms with van der Waals surface area (Å²) in [4.78, 5) is 12.6. The van der Waals surface area contributed by atoms with Crippen LogP contribution in [0.2, 0.25) is 0 Å². The third kappa shape index (κ3) is 4.37. The molecule has 2 heterocycles. The number of hydrogen-bond donors (Lipinski definition) is 0. The Kier molecular flexibility index (Phi) is 5.84. The number of esters is 1. The number of carbonyl (C=O) groups excluding carboxylic acids is 1. The molecule has 0 saturated carbocycles. The molecule has 30 heavy (non-hydrogen) atoms. The van der Waals surface area contributed by atoms with E-state index < -0.39 is 16.0 Å². The number of tetrazole rings is 1. The summed E-state index contributed by atoms with van der Waals surface area (Å²) in [6.07, 6.45) is 1.42. The van der Waals surface area contributed by atoms with Gasteiger partial charge >= 0.3 is 5.97 Å². The summed E-state index contributed by atoms with van der Waals surface area (Å²) in [5.74, 6) is -0.536. The summed E-state index contributed by atoms with van der Waals surface area (Å²) in [5.41, 5.74) is 1.53. The predicted octanol–water partition coefficient (Wildman–Crippen LogP) is 1.04. The van der Waals surface area contributed by atoms with Crippen molar-refractivity contribution in [3.05, 3.63) is 66.0 Å². The average molecular weight is 429 g/mol. The van der Waals surface area contributed by atoms with Crippen molar-refractivity contribution in [1.82, 2.24) is 24.5 Å². The Labute approximate surface area is 173 Å². The maximum Gasteiger partial charge on any atom is 0.338 e. The Bertz CT molecular complexity index is 1130. The van der Waals surface area contributed by atoms with Crippen molar-refractivity contribution in [1.29, 1.82) is 0 Å². The number of ether oxygens (including phenoxy) is 2. The zero-order chi connectivity index (χ0) is 21.0. The molecule has 0 unspecified atom stereocenters. The molecule has 0 N–H and O–H groups in total. The average Bonchev–Trinajstić information content (AvgIpc) is 3.33. The largest absolute Gasteiger partial charge is 0.457 e. The van der Waals surface area contributed by atoms with Gasteiger partial charge in [-0.2, -0.15) is 4.31 Å². The Morgan fingerprint density at radius 2 is 1.90 bits per heavy atom. The number of rotatable bonds is 6. The van der Waals surface area contributed by atoms with Crippen molar-refractivity contribution >= 4 is 16.0 Å². The number of morpholine rings is 1. The SMILES string of the molecule is O=C(OCc1cccc(S(=O)(=O)N2CCOCC2)c1)c1cccc(-n2cnnn2)c1. The first-order valence-corrected chi connectivity index (χ1v) is 10.7. The second-order valence-electron chi connectivity index (χ2n) is 6.54. The quantitative estimate of drug-likeness (QED) is 0.534. The third-order valence-corrected chi connectivity index (χ3v) is 6.47. The van der Waals surface area contributed by atoms with Gasteiger partial charge in [-0.1, -0.05) is 18.2 Å². The van der Waals surface area contributed by atoms with Crippen LogP contribution < -0.4 is 0 Å². The molecule has 11 heteroatoms. The van der Waals surface area contributed by atoms with Gasteiger partial charge < -0.3 is 9.47 Å². The van der Waals surface area contributed by atoms with Crippen molar-refractivity contribution in [2.45, 2.75) is 11.5 Å². The van der Waals surface area contributed by atoms with E-state index in [1.165, 1.54) is 27.4 Å². The van der Waals surface area contributed by atoms with Crippen LogP contribution in [0.25, 0.3) is 5.69 Å². The second kappa shape index (κ2) is 8.69. The first-order chi connectivity index (χ1) is 14.5. The standard InChI is InChI=1S/C19H19N5O5S/c25-19(16-4-2-5-17(12-16)24-14-20-21-22-24)29-13-15-3-1-6-18(11-15)30(26,27)23-7-9-28-10-8-23/h1-6,11-12,14H,7-10,13H2. The summed E-state index contributed by atoms with van der Waals surface area (Å²) in [5, 5.41) is 10.9. The molecule has 0 bridgehead atoms. The molecule has 0 atom stereocenters. The van der Waals surface area contributed by atoms with E-state index in [9.17, 15) is 13.2 Å². The molecule has 4 rings (SSSR count). The summed E-state index contributed by atoms with van der Waals surface area (Å²) in [6.45, 7) is 1.33. The molecule has 0 radical (unpaired) electrons. The van der Waals surface area contributed by atoms with Crippen LogP contribution in [0.15, 0.2) is 59.8 Å². The smallest absolute Gasteiger partial charge is 0.338 e. The summed E-state index contributed by atoms with van der Waals surface area (Å²) in [6, 6.07) is 13.1. The van der Waals surface area contributed by atoms with E-state index >= 15 is 0 Å². The summed E-state index contributed by atoms with van der Waals surface area (Å²) in [7, 11) is -3.61. The van der Waals surface area contributed by atoms with Crippen molar-refractivity contribution < 1.29 is 22.7 Å². The van der Waals surface area contributed by atoms with E-state index in [4.69, 9.17) is 9.47 Å². The normalized spacial score (nSPS) is 15.1. The van der Waals surface area contributed by atoms with Crippen molar-refractivity contribution in [2.24, 2.45) is 0 Å². The van der Waals surface area contributed by atoms with E-state index in [1.807, 2.05) is 0 Å². The highest BCUT2D eigenvalue weighted by Gasteiger charge is 2.26. The highest BCUT2D eigenvalue weighted by atomic mass is 32.2. The number of sulfonamides is 1. The van der Waals surface area contributed by atoms with E-state index in [2.05, 4.69) is 15.5 Å². The van der Waals surface area contributed by atoms with Gasteiger partial charge in [0.2, 0.25) is 10.0 Å². The molecule has 156 valence electrons. The Hall–Kier alpha value is -3.15. The molecule has 1 aliphatic rings. The minimum absolute atomic E-state index is 0.0551. The Balaban J connectivity index is 1.45. The molecule has 1 saturated heterocycles. The lowest BCUT2D eigenvalue weighted by Gasteiger charge is -2.26. The fourth-order valence-corrected chi connectivity index (χ4v) is 4.50. The van der Waals surface area contributed by atoms with Crippen LogP contribution in [0, 0.1) is 0 Å². The molecule has 1 fully saturated rings. The third-order valence-electron chi connectivity index (χ3n) is 4.57. The molecular formula is C19H19N5O5S. The van der Waals surface area contributed by atoms with E-state index in [0.29, 0.717) is 43.1 Å². The lowest BCUT2D eigenvalue weighted by Crippen LogP contribution is -2.40. The molecule has 0 aliphatic carbocycles. The molecule has 10 nitrogen and oxygen atoms in total. The maximum atomic E-state index is 12.8. The van der Waals surface area contributed by atoms with E-state index in [0.717, 1.165) is 0 Å². The van der Waals surface area contributed by atoms with Crippen LogP contribution >= 0.6 is 0 Å². The second-order valence-corrected chi connectivity index (χ2v) is 8.48. The van der Waals surface area contributed by atoms with Gasteiger partial charge in [0.25, 0.3) is 0 Å². The molecule has 1 aliphatic heterocycles. The molecule has 3 aromatic rings. The molecule has 1 aromatic heterocycles. The maximum absolute atomic E-state index is 12.8. The van der Waals surface area contributed by atoms with Crippen LogP contribution in [0.4, 0.5) is 0 Å². The lowest BCUT2D eigenvalue weighted by molar-refractivity contribution is 0.0472. The number of hydrogen-bond acceptors (Lipinski definition) is 8. The molecule has 0 amide bonds. The van der Waals surface area contributed by atoms with Crippen LogP contribution in [-0.4, -0.2) is 65.2 Å². The van der Waals surface area contributed by atoms with Gasteiger partial charge in [-0.25, -0.2) is 17.9 Å². The van der Waals surface area contributed by atoms with Gasteiger partial charge in [0.05, 0.1) is 29.4 Å². The highest BCUT2D eigenvalue weighted by Crippen LogP contribution is 2.19. The Morgan fingerprint density at radius 3 is 2.67 bits per heavy atom. The zero-order valence-electron chi connectivity index (χ0n) is 15.9. The topological polar surface area (TPSA) is 117 Å². The van der Waals surface area contributed by atoms with Crippen LogP contribution in [-0.2, 0) is 26.1 Å².